The van der Waals surface area contributed by atoms with Crippen LogP contribution < -0.4 is 5.32 Å². The van der Waals surface area contributed by atoms with E-state index in [9.17, 15) is 4.79 Å². The van der Waals surface area contributed by atoms with Crippen molar-refractivity contribution in [1.29, 1.82) is 0 Å². The maximum Gasteiger partial charge on any atom is 0.255 e. The van der Waals surface area contributed by atoms with Crippen molar-refractivity contribution in [3.63, 3.8) is 0 Å². The average molecular weight is 289 g/mol. The van der Waals surface area contributed by atoms with Crippen molar-refractivity contribution in [3.8, 4) is 0 Å². The van der Waals surface area contributed by atoms with Crippen LogP contribution in [-0.2, 0) is 4.74 Å². The van der Waals surface area contributed by atoms with Gasteiger partial charge >= 0.3 is 0 Å². The van der Waals surface area contributed by atoms with E-state index >= 15 is 0 Å². The minimum absolute atomic E-state index is 0.0446. The Morgan fingerprint density at radius 3 is 2.95 bits per heavy atom. The number of methoxy groups -OCH3 is 1. The zero-order valence-corrected chi connectivity index (χ0v) is 12.9. The van der Waals surface area contributed by atoms with Gasteiger partial charge in [-0.15, -0.1) is 0 Å². The van der Waals surface area contributed by atoms with Gasteiger partial charge in [0.25, 0.3) is 5.91 Å². The van der Waals surface area contributed by atoms with Gasteiger partial charge in [-0.25, -0.2) is 0 Å². The third kappa shape index (κ3) is 3.82. The summed E-state index contributed by atoms with van der Waals surface area (Å²) in [6.45, 7) is 8.13. The van der Waals surface area contributed by atoms with E-state index in [0.717, 1.165) is 24.2 Å². The second kappa shape index (κ2) is 6.72. The molecule has 0 spiro atoms. The van der Waals surface area contributed by atoms with E-state index in [-0.39, 0.29) is 11.9 Å². The van der Waals surface area contributed by atoms with E-state index in [4.69, 9.17) is 4.74 Å². The Morgan fingerprint density at radius 1 is 1.67 bits per heavy atom. The van der Waals surface area contributed by atoms with E-state index in [1.807, 2.05) is 13.8 Å². The molecule has 2 rings (SSSR count). The van der Waals surface area contributed by atoms with E-state index in [2.05, 4.69) is 21.9 Å². The summed E-state index contributed by atoms with van der Waals surface area (Å²) >= 11 is 0. The number of aliphatic imine (C=N–C) groups is 1. The van der Waals surface area contributed by atoms with Crippen LogP contribution in [0.2, 0.25) is 0 Å². The summed E-state index contributed by atoms with van der Waals surface area (Å²) in [5.74, 6) is 0.363. The molecule has 1 unspecified atom stereocenters. The first-order valence-electron chi connectivity index (χ1n) is 7.25. The number of amides is 1. The van der Waals surface area contributed by atoms with Gasteiger partial charge in [0.15, 0.2) is 0 Å². The Balaban J connectivity index is 2.21. The summed E-state index contributed by atoms with van der Waals surface area (Å²) in [4.78, 5) is 20.1. The van der Waals surface area contributed by atoms with Crippen LogP contribution in [0.1, 0.15) is 35.8 Å². The monoisotopic (exact) mass is 289 g/mol. The third-order valence-corrected chi connectivity index (χ3v) is 3.53. The number of nitrogens with one attached hydrogen (secondary N) is 2. The molecule has 114 valence electrons. The van der Waals surface area contributed by atoms with Gasteiger partial charge < -0.3 is 15.0 Å². The molecule has 0 aromatic carbocycles. The standard InChI is InChI=1S/C16H23N3O2/c1-5-14(12-6-7-12)19-15-11(3)17-8-13(15)16(20)18-10(2)9-21-4/h5,8,10,12,17H,1,6-7,9H2,2-4H3,(H,18,20). The molecule has 1 amide bonds. The molecular formula is C16H23N3O2. The normalized spacial score (nSPS) is 16.6. The molecular weight excluding hydrogens is 266 g/mol. The van der Waals surface area contributed by atoms with E-state index in [0.29, 0.717) is 23.8 Å². The lowest BCUT2D eigenvalue weighted by Crippen LogP contribution is -2.35. The highest BCUT2D eigenvalue weighted by atomic mass is 16.5. The molecule has 1 heterocycles. The zero-order valence-electron chi connectivity index (χ0n) is 12.9. The molecule has 1 aliphatic rings. The highest BCUT2D eigenvalue weighted by Gasteiger charge is 2.26. The average Bonchev–Trinajstić information content (AvgIpc) is 3.21. The number of aromatic amines is 1. The number of aromatic nitrogens is 1. The number of carbonyl (C=O) groups excluding carboxylic acids is 1. The van der Waals surface area contributed by atoms with Gasteiger partial charge in [-0.1, -0.05) is 6.58 Å². The van der Waals surface area contributed by atoms with Crippen LogP contribution >= 0.6 is 0 Å². The van der Waals surface area contributed by atoms with E-state index < -0.39 is 0 Å². The van der Waals surface area contributed by atoms with Crippen molar-refractivity contribution in [2.45, 2.75) is 32.7 Å². The maximum absolute atomic E-state index is 12.3. The molecule has 21 heavy (non-hydrogen) atoms. The number of hydrogen-bond acceptors (Lipinski definition) is 3. The fourth-order valence-corrected chi connectivity index (χ4v) is 2.24. The number of nitrogens with zero attached hydrogens (tertiary/aromatic N) is 1. The highest BCUT2D eigenvalue weighted by molar-refractivity contribution is 6.04. The van der Waals surface area contributed by atoms with Crippen molar-refractivity contribution in [2.24, 2.45) is 10.9 Å². The molecule has 5 nitrogen and oxygen atoms in total. The van der Waals surface area contributed by atoms with Crippen molar-refractivity contribution < 1.29 is 9.53 Å². The molecule has 0 bridgehead atoms. The van der Waals surface area contributed by atoms with Crippen molar-refractivity contribution >= 4 is 17.3 Å². The van der Waals surface area contributed by atoms with Crippen LogP contribution in [-0.4, -0.2) is 36.4 Å². The summed E-state index contributed by atoms with van der Waals surface area (Å²) in [5.41, 5.74) is 3.13. The van der Waals surface area contributed by atoms with Crippen molar-refractivity contribution in [3.05, 3.63) is 30.1 Å². The molecule has 1 atom stereocenters. The van der Waals surface area contributed by atoms with Crippen LogP contribution in [0.15, 0.2) is 23.8 Å². The lowest BCUT2D eigenvalue weighted by molar-refractivity contribution is 0.0906. The number of hydrogen-bond donors (Lipinski definition) is 2. The Bertz CT molecular complexity index is 556. The third-order valence-electron chi connectivity index (χ3n) is 3.53. The van der Waals surface area contributed by atoms with Crippen LogP contribution in [0.4, 0.5) is 5.69 Å². The Morgan fingerprint density at radius 2 is 2.38 bits per heavy atom. The number of ether oxygens (including phenoxy) is 1. The number of allylic oxidation sites excluding steroid dienone is 1. The molecule has 1 fully saturated rings. The fraction of sp³-hybridized carbons (Fsp3) is 0.500. The highest BCUT2D eigenvalue weighted by Crippen LogP contribution is 2.34. The number of aryl methyl sites for hydroxylation is 1. The molecule has 0 saturated heterocycles. The first kappa shape index (κ1) is 15.5. The zero-order chi connectivity index (χ0) is 15.4. The molecule has 0 aliphatic heterocycles. The first-order valence-corrected chi connectivity index (χ1v) is 7.25. The minimum Gasteiger partial charge on any atom is -0.383 e. The number of H-pyrrole nitrogens is 1. The molecule has 0 radical (unpaired) electrons. The van der Waals surface area contributed by atoms with Gasteiger partial charge in [-0.05, 0) is 32.8 Å². The maximum atomic E-state index is 12.3. The predicted octanol–water partition coefficient (Wildman–Crippen LogP) is 2.76. The molecule has 1 aromatic rings. The smallest absolute Gasteiger partial charge is 0.255 e. The van der Waals surface area contributed by atoms with Gasteiger partial charge in [-0.2, -0.15) is 0 Å². The van der Waals surface area contributed by atoms with Crippen LogP contribution in [0.25, 0.3) is 0 Å². The summed E-state index contributed by atoms with van der Waals surface area (Å²) < 4.78 is 5.03. The quantitative estimate of drug-likeness (QED) is 0.758. The SMILES string of the molecule is C=CC(=Nc1c(C(=O)NC(C)COC)c[nH]c1C)C1CC1. The van der Waals surface area contributed by atoms with Gasteiger partial charge in [0, 0.05) is 36.7 Å². The molecule has 1 aromatic heterocycles. The second-order valence-corrected chi connectivity index (χ2v) is 5.52. The fourth-order valence-electron chi connectivity index (χ4n) is 2.24. The second-order valence-electron chi connectivity index (χ2n) is 5.52. The predicted molar refractivity (Wildman–Crippen MR) is 84.3 cm³/mol. The number of rotatable bonds is 7. The van der Waals surface area contributed by atoms with Gasteiger partial charge in [0.2, 0.25) is 0 Å². The topological polar surface area (TPSA) is 66.5 Å². The largest absolute Gasteiger partial charge is 0.383 e. The van der Waals surface area contributed by atoms with Crippen LogP contribution in [0, 0.1) is 12.8 Å². The van der Waals surface area contributed by atoms with Gasteiger partial charge in [-0.3, -0.25) is 9.79 Å². The Labute approximate surface area is 125 Å². The Hall–Kier alpha value is -1.88. The molecule has 1 aliphatic carbocycles. The van der Waals surface area contributed by atoms with Gasteiger partial charge in [0.05, 0.1) is 17.9 Å². The number of carbonyl (C=O) groups is 1. The minimum atomic E-state index is -0.137. The van der Waals surface area contributed by atoms with Crippen molar-refractivity contribution in [2.75, 3.05) is 13.7 Å². The van der Waals surface area contributed by atoms with Crippen LogP contribution in [0.3, 0.4) is 0 Å². The Kier molecular flexibility index (Phi) is 4.96. The van der Waals surface area contributed by atoms with E-state index in [1.54, 1.807) is 19.4 Å². The molecule has 5 heteroatoms. The lowest BCUT2D eigenvalue weighted by Gasteiger charge is -2.12. The molecule has 1 saturated carbocycles. The first-order chi connectivity index (χ1) is 10.1. The summed E-state index contributed by atoms with van der Waals surface area (Å²) in [6, 6.07) is -0.0446. The van der Waals surface area contributed by atoms with Crippen LogP contribution in [0.5, 0.6) is 0 Å². The summed E-state index contributed by atoms with van der Waals surface area (Å²) in [6.07, 6.45) is 5.80. The van der Waals surface area contributed by atoms with E-state index in [1.165, 1.54) is 0 Å². The van der Waals surface area contributed by atoms with Crippen molar-refractivity contribution in [1.82, 2.24) is 10.3 Å². The van der Waals surface area contributed by atoms with Gasteiger partial charge in [0.1, 0.15) is 0 Å². The molecule has 2 N–H and O–H groups in total. The summed E-state index contributed by atoms with van der Waals surface area (Å²) in [7, 11) is 1.62. The summed E-state index contributed by atoms with van der Waals surface area (Å²) in [5, 5.41) is 2.91. The lowest BCUT2D eigenvalue weighted by atomic mass is 10.2.